The van der Waals surface area contributed by atoms with E-state index in [9.17, 15) is 9.59 Å². The smallest absolute Gasteiger partial charge is 0.270 e. The molecule has 6 nitrogen and oxygen atoms in total. The average molecular weight is 360 g/mol. The molecule has 0 saturated carbocycles. The summed E-state index contributed by atoms with van der Waals surface area (Å²) in [7, 11) is 0. The van der Waals surface area contributed by atoms with E-state index in [1.165, 1.54) is 6.92 Å². The van der Waals surface area contributed by atoms with Crippen molar-refractivity contribution in [1.29, 1.82) is 0 Å². The highest BCUT2D eigenvalue weighted by molar-refractivity contribution is 5.95. The Morgan fingerprint density at radius 1 is 0.963 bits per heavy atom. The molecule has 27 heavy (non-hydrogen) atoms. The van der Waals surface area contributed by atoms with Gasteiger partial charge in [0, 0.05) is 23.9 Å². The zero-order valence-electron chi connectivity index (χ0n) is 15.2. The Labute approximate surface area is 157 Å². The molecule has 3 rings (SSSR count). The topological polar surface area (TPSA) is 84.0 Å². The number of aromatic nitrogens is 2. The minimum absolute atomic E-state index is 0.0153. The van der Waals surface area contributed by atoms with E-state index in [4.69, 9.17) is 0 Å². The number of rotatable bonds is 6. The molecule has 1 heterocycles. The van der Waals surface area contributed by atoms with Crippen molar-refractivity contribution in [2.24, 2.45) is 0 Å². The molecule has 0 atom stereocenters. The van der Waals surface area contributed by atoms with Crippen LogP contribution in [0, 0.1) is 6.92 Å². The first kappa shape index (κ1) is 18.3. The summed E-state index contributed by atoms with van der Waals surface area (Å²) in [6, 6.07) is 18.4. The summed E-state index contributed by atoms with van der Waals surface area (Å²) < 4.78 is 0. The number of benzene rings is 2. The van der Waals surface area contributed by atoms with Crippen LogP contribution in [-0.2, 0) is 6.54 Å². The van der Waals surface area contributed by atoms with Crippen molar-refractivity contribution in [1.82, 2.24) is 15.3 Å². The van der Waals surface area contributed by atoms with Gasteiger partial charge in [-0.25, -0.2) is 9.97 Å². The molecule has 3 aromatic rings. The van der Waals surface area contributed by atoms with Crippen molar-refractivity contribution in [3.63, 3.8) is 0 Å². The normalized spacial score (nSPS) is 10.3. The molecule has 0 unspecified atom stereocenters. The van der Waals surface area contributed by atoms with Crippen molar-refractivity contribution in [3.05, 3.63) is 83.3 Å². The summed E-state index contributed by atoms with van der Waals surface area (Å²) in [6.07, 6.45) is 0. The van der Waals surface area contributed by atoms with Crippen molar-refractivity contribution in [2.75, 3.05) is 5.32 Å². The Morgan fingerprint density at radius 3 is 2.48 bits per heavy atom. The highest BCUT2D eigenvalue weighted by Gasteiger charge is 2.11. The van der Waals surface area contributed by atoms with E-state index in [2.05, 4.69) is 20.6 Å². The van der Waals surface area contributed by atoms with Gasteiger partial charge in [0.05, 0.1) is 0 Å². The largest absolute Gasteiger partial charge is 0.347 e. The van der Waals surface area contributed by atoms with Gasteiger partial charge in [0.2, 0.25) is 0 Å². The Balaban J connectivity index is 1.74. The molecule has 2 aromatic carbocycles. The first-order valence-electron chi connectivity index (χ1n) is 8.57. The maximum Gasteiger partial charge on any atom is 0.270 e. The highest BCUT2D eigenvalue weighted by Crippen LogP contribution is 2.17. The first-order chi connectivity index (χ1) is 13.0. The monoisotopic (exact) mass is 360 g/mol. The van der Waals surface area contributed by atoms with Crippen LogP contribution in [0.5, 0.6) is 0 Å². The Bertz CT molecular complexity index is 971. The molecule has 0 aliphatic carbocycles. The molecule has 136 valence electrons. The van der Waals surface area contributed by atoms with Gasteiger partial charge in [-0.1, -0.05) is 42.5 Å². The standard InChI is InChI=1S/C21H20N4O2/c1-14(26)17-9-6-10-18(11-17)25-20-12-19(23-15(2)24-20)21(27)22-13-16-7-4-3-5-8-16/h3-12H,13H2,1-2H3,(H,22,27)(H,23,24,25). The maximum absolute atomic E-state index is 12.4. The van der Waals surface area contributed by atoms with E-state index < -0.39 is 0 Å². The third-order valence-electron chi connectivity index (χ3n) is 3.91. The Hall–Kier alpha value is -3.54. The second kappa shape index (κ2) is 8.23. The molecular formula is C21H20N4O2. The van der Waals surface area contributed by atoms with Crippen molar-refractivity contribution in [3.8, 4) is 0 Å². The molecule has 6 heteroatoms. The molecule has 0 bridgehead atoms. The lowest BCUT2D eigenvalue weighted by Gasteiger charge is -2.10. The van der Waals surface area contributed by atoms with E-state index in [1.54, 1.807) is 31.2 Å². The van der Waals surface area contributed by atoms with Gasteiger partial charge in [-0.05, 0) is 31.5 Å². The third-order valence-corrected chi connectivity index (χ3v) is 3.91. The summed E-state index contributed by atoms with van der Waals surface area (Å²) in [5.74, 6) is 0.684. The molecule has 1 aromatic heterocycles. The summed E-state index contributed by atoms with van der Waals surface area (Å²) >= 11 is 0. The number of Topliss-reactive ketones (excluding diaryl/α,β-unsaturated/α-hetero) is 1. The second-order valence-electron chi connectivity index (χ2n) is 6.12. The van der Waals surface area contributed by atoms with Gasteiger partial charge in [0.1, 0.15) is 17.3 Å². The van der Waals surface area contributed by atoms with Crippen LogP contribution < -0.4 is 10.6 Å². The maximum atomic E-state index is 12.4. The number of hydrogen-bond donors (Lipinski definition) is 2. The zero-order valence-corrected chi connectivity index (χ0v) is 15.2. The number of nitrogens with one attached hydrogen (secondary N) is 2. The fraction of sp³-hybridized carbons (Fsp3) is 0.143. The summed E-state index contributed by atoms with van der Waals surface area (Å²) in [6.45, 7) is 3.67. The SMILES string of the molecule is CC(=O)c1cccc(Nc2cc(C(=O)NCc3ccccc3)nc(C)n2)c1. The van der Waals surface area contributed by atoms with Crippen molar-refractivity contribution in [2.45, 2.75) is 20.4 Å². The number of anilines is 2. The second-order valence-corrected chi connectivity index (χ2v) is 6.12. The number of carbonyl (C=O) groups excluding carboxylic acids is 2. The van der Waals surface area contributed by atoms with Gasteiger partial charge < -0.3 is 10.6 Å². The lowest BCUT2D eigenvalue weighted by molar-refractivity contribution is 0.0944. The van der Waals surface area contributed by atoms with Crippen molar-refractivity contribution >= 4 is 23.2 Å². The van der Waals surface area contributed by atoms with E-state index in [1.807, 2.05) is 36.4 Å². The highest BCUT2D eigenvalue weighted by atomic mass is 16.1. The van der Waals surface area contributed by atoms with Crippen LogP contribution in [0.3, 0.4) is 0 Å². The zero-order chi connectivity index (χ0) is 19.2. The van der Waals surface area contributed by atoms with E-state index in [0.29, 0.717) is 23.8 Å². The van der Waals surface area contributed by atoms with E-state index in [-0.39, 0.29) is 17.4 Å². The minimum atomic E-state index is -0.273. The lowest BCUT2D eigenvalue weighted by atomic mass is 10.1. The predicted molar refractivity (Wildman–Crippen MR) is 104 cm³/mol. The van der Waals surface area contributed by atoms with Gasteiger partial charge in [-0.3, -0.25) is 9.59 Å². The molecule has 1 amide bonds. The fourth-order valence-electron chi connectivity index (χ4n) is 2.58. The molecule has 0 saturated heterocycles. The van der Waals surface area contributed by atoms with Crippen LogP contribution >= 0.6 is 0 Å². The summed E-state index contributed by atoms with van der Waals surface area (Å²) in [5.41, 5.74) is 2.61. The quantitative estimate of drug-likeness (QED) is 0.656. The fourth-order valence-corrected chi connectivity index (χ4v) is 2.58. The lowest BCUT2D eigenvalue weighted by Crippen LogP contribution is -2.24. The van der Waals surface area contributed by atoms with Gasteiger partial charge in [0.25, 0.3) is 5.91 Å². The van der Waals surface area contributed by atoms with E-state index in [0.717, 1.165) is 11.3 Å². The van der Waals surface area contributed by atoms with Gasteiger partial charge in [-0.2, -0.15) is 0 Å². The Morgan fingerprint density at radius 2 is 1.74 bits per heavy atom. The number of aryl methyl sites for hydroxylation is 1. The molecular weight excluding hydrogens is 340 g/mol. The van der Waals surface area contributed by atoms with Gasteiger partial charge in [0.15, 0.2) is 5.78 Å². The van der Waals surface area contributed by atoms with Crippen LogP contribution in [0.25, 0.3) is 0 Å². The number of ketones is 1. The molecule has 0 radical (unpaired) electrons. The van der Waals surface area contributed by atoms with Crippen LogP contribution in [0.15, 0.2) is 60.7 Å². The minimum Gasteiger partial charge on any atom is -0.347 e. The first-order valence-corrected chi connectivity index (χ1v) is 8.57. The predicted octanol–water partition coefficient (Wildman–Crippen LogP) is 3.66. The van der Waals surface area contributed by atoms with Crippen LogP contribution in [0.4, 0.5) is 11.5 Å². The van der Waals surface area contributed by atoms with Gasteiger partial charge >= 0.3 is 0 Å². The summed E-state index contributed by atoms with van der Waals surface area (Å²) in [5, 5.41) is 5.98. The van der Waals surface area contributed by atoms with E-state index >= 15 is 0 Å². The molecule has 0 aliphatic heterocycles. The van der Waals surface area contributed by atoms with Gasteiger partial charge in [-0.15, -0.1) is 0 Å². The number of nitrogens with zero attached hydrogens (tertiary/aromatic N) is 2. The summed E-state index contributed by atoms with van der Waals surface area (Å²) in [4.78, 5) is 32.5. The number of hydrogen-bond acceptors (Lipinski definition) is 5. The average Bonchev–Trinajstić information content (AvgIpc) is 2.66. The number of carbonyl (C=O) groups is 2. The van der Waals surface area contributed by atoms with Crippen LogP contribution in [0.2, 0.25) is 0 Å². The third kappa shape index (κ3) is 4.98. The molecule has 0 aliphatic rings. The Kier molecular flexibility index (Phi) is 5.56. The van der Waals surface area contributed by atoms with Crippen LogP contribution in [-0.4, -0.2) is 21.7 Å². The molecule has 0 spiro atoms. The number of amides is 1. The molecule has 0 fully saturated rings. The van der Waals surface area contributed by atoms with Crippen molar-refractivity contribution < 1.29 is 9.59 Å². The van der Waals surface area contributed by atoms with Crippen LogP contribution in [0.1, 0.15) is 39.2 Å². The molecule has 2 N–H and O–H groups in total.